The quantitative estimate of drug-likeness (QED) is 0.791. The molecule has 0 atom stereocenters. The van der Waals surface area contributed by atoms with Gasteiger partial charge in [0.15, 0.2) is 0 Å². The first-order valence-electron chi connectivity index (χ1n) is 8.11. The van der Waals surface area contributed by atoms with Gasteiger partial charge in [0, 0.05) is 19.3 Å². The Hall–Kier alpha value is -2.52. The number of benzene rings is 1. The smallest absolute Gasteiger partial charge is 0.275 e. The number of sulfonamides is 1. The number of methoxy groups -OCH3 is 1. The summed E-state index contributed by atoms with van der Waals surface area (Å²) < 4.78 is 31.9. The molecule has 1 N–H and O–H groups in total. The summed E-state index contributed by atoms with van der Waals surface area (Å²) >= 11 is 0. The van der Waals surface area contributed by atoms with Gasteiger partial charge in [0.05, 0.1) is 29.6 Å². The van der Waals surface area contributed by atoms with Crippen LogP contribution in [0.2, 0.25) is 0 Å². The number of rotatable bonds is 7. The zero-order chi connectivity index (χ0) is 19.3. The van der Waals surface area contributed by atoms with Crippen molar-refractivity contribution < 1.29 is 17.9 Å². The molecule has 1 amide bonds. The van der Waals surface area contributed by atoms with Crippen LogP contribution in [0.4, 0.5) is 5.69 Å². The van der Waals surface area contributed by atoms with Gasteiger partial charge in [-0.25, -0.2) is 13.4 Å². The Kier molecular flexibility index (Phi) is 6.27. The molecule has 0 bridgehead atoms. The van der Waals surface area contributed by atoms with E-state index >= 15 is 0 Å². The van der Waals surface area contributed by atoms with Crippen molar-refractivity contribution in [1.29, 1.82) is 0 Å². The third kappa shape index (κ3) is 4.17. The first-order valence-corrected chi connectivity index (χ1v) is 9.55. The maximum absolute atomic E-state index is 12.7. The van der Waals surface area contributed by atoms with Crippen LogP contribution in [-0.2, 0) is 10.0 Å². The summed E-state index contributed by atoms with van der Waals surface area (Å²) in [4.78, 5) is 20.5. The summed E-state index contributed by atoms with van der Waals surface area (Å²) in [6.07, 6.45) is 2.83. The number of carbonyl (C=O) groups excluding carboxylic acids is 1. The van der Waals surface area contributed by atoms with Crippen LogP contribution in [0.15, 0.2) is 35.5 Å². The number of ether oxygens (including phenoxy) is 1. The van der Waals surface area contributed by atoms with Gasteiger partial charge in [0.1, 0.15) is 11.4 Å². The number of aromatic nitrogens is 2. The highest BCUT2D eigenvalue weighted by Gasteiger charge is 2.23. The van der Waals surface area contributed by atoms with Crippen LogP contribution in [0.5, 0.6) is 5.75 Å². The molecule has 2 rings (SSSR count). The summed E-state index contributed by atoms with van der Waals surface area (Å²) in [7, 11) is -2.22. The molecule has 0 fully saturated rings. The van der Waals surface area contributed by atoms with Crippen LogP contribution < -0.4 is 10.1 Å². The molecule has 0 radical (unpaired) electrons. The highest BCUT2D eigenvalue weighted by atomic mass is 32.2. The number of carbonyl (C=O) groups is 1. The van der Waals surface area contributed by atoms with E-state index in [1.54, 1.807) is 20.8 Å². The van der Waals surface area contributed by atoms with Crippen molar-refractivity contribution in [2.45, 2.75) is 25.7 Å². The first-order chi connectivity index (χ1) is 12.3. The van der Waals surface area contributed by atoms with Crippen LogP contribution in [0.25, 0.3) is 0 Å². The second kappa shape index (κ2) is 8.24. The van der Waals surface area contributed by atoms with Crippen LogP contribution >= 0.6 is 0 Å². The molecular weight excluding hydrogens is 356 g/mol. The average molecular weight is 378 g/mol. The van der Waals surface area contributed by atoms with E-state index in [4.69, 9.17) is 4.74 Å². The van der Waals surface area contributed by atoms with E-state index in [-0.39, 0.29) is 16.3 Å². The Morgan fingerprint density at radius 1 is 1.19 bits per heavy atom. The topological polar surface area (TPSA) is 101 Å². The average Bonchev–Trinajstić information content (AvgIpc) is 2.63. The van der Waals surface area contributed by atoms with Gasteiger partial charge in [0.25, 0.3) is 5.91 Å². The van der Waals surface area contributed by atoms with E-state index in [1.165, 1.54) is 42.0 Å². The predicted molar refractivity (Wildman–Crippen MR) is 97.8 cm³/mol. The molecule has 0 aliphatic rings. The number of nitrogens with one attached hydrogen (secondary N) is 1. The standard InChI is InChI=1S/C17H22N4O4S/c1-5-21(6-2)26(23,24)13-7-8-16(25-4)14(9-13)20-17(22)15-11-18-12(3)10-19-15/h7-11H,5-6H2,1-4H3,(H,20,22). The van der Waals surface area contributed by atoms with Gasteiger partial charge in [-0.2, -0.15) is 4.31 Å². The Labute approximate surface area is 153 Å². The number of anilines is 1. The second-order valence-corrected chi connectivity index (χ2v) is 7.39. The molecule has 1 heterocycles. The van der Waals surface area contributed by atoms with E-state index in [0.717, 1.165) is 0 Å². The maximum Gasteiger partial charge on any atom is 0.275 e. The fourth-order valence-corrected chi connectivity index (χ4v) is 3.84. The molecule has 8 nitrogen and oxygen atoms in total. The zero-order valence-corrected chi connectivity index (χ0v) is 16.0. The van der Waals surface area contributed by atoms with Gasteiger partial charge in [-0.05, 0) is 25.1 Å². The number of amides is 1. The third-order valence-electron chi connectivity index (χ3n) is 3.78. The highest BCUT2D eigenvalue weighted by molar-refractivity contribution is 7.89. The molecule has 0 aliphatic carbocycles. The van der Waals surface area contributed by atoms with E-state index in [0.29, 0.717) is 24.5 Å². The largest absolute Gasteiger partial charge is 0.495 e. The molecule has 1 aromatic carbocycles. The van der Waals surface area contributed by atoms with Crippen molar-refractivity contribution in [1.82, 2.24) is 14.3 Å². The van der Waals surface area contributed by atoms with Crippen molar-refractivity contribution in [3.63, 3.8) is 0 Å². The van der Waals surface area contributed by atoms with Gasteiger partial charge < -0.3 is 10.1 Å². The molecule has 26 heavy (non-hydrogen) atoms. The highest BCUT2D eigenvalue weighted by Crippen LogP contribution is 2.29. The molecule has 1 aromatic heterocycles. The number of aryl methyl sites for hydroxylation is 1. The van der Waals surface area contributed by atoms with Crippen LogP contribution in [0, 0.1) is 6.92 Å². The normalized spacial score (nSPS) is 11.4. The Balaban J connectivity index is 2.38. The van der Waals surface area contributed by atoms with Crippen molar-refractivity contribution in [2.24, 2.45) is 0 Å². The van der Waals surface area contributed by atoms with Crippen molar-refractivity contribution in [3.05, 3.63) is 42.0 Å². The summed E-state index contributed by atoms with van der Waals surface area (Å²) in [5, 5.41) is 2.64. The van der Waals surface area contributed by atoms with Gasteiger partial charge in [-0.3, -0.25) is 9.78 Å². The van der Waals surface area contributed by atoms with Gasteiger partial charge in [-0.1, -0.05) is 13.8 Å². The Bertz CT molecular complexity index is 878. The minimum Gasteiger partial charge on any atom is -0.495 e. The van der Waals surface area contributed by atoms with E-state index in [1.807, 2.05) is 0 Å². The van der Waals surface area contributed by atoms with E-state index in [9.17, 15) is 13.2 Å². The SMILES string of the molecule is CCN(CC)S(=O)(=O)c1ccc(OC)c(NC(=O)c2cnc(C)cn2)c1. The molecule has 140 valence electrons. The van der Waals surface area contributed by atoms with Crippen LogP contribution in [-0.4, -0.2) is 48.8 Å². The molecule has 9 heteroatoms. The number of hydrogen-bond acceptors (Lipinski definition) is 6. The summed E-state index contributed by atoms with van der Waals surface area (Å²) in [6, 6.07) is 4.34. The minimum absolute atomic E-state index is 0.0762. The second-order valence-electron chi connectivity index (χ2n) is 5.45. The molecular formula is C17H22N4O4S. The molecule has 0 saturated heterocycles. The van der Waals surface area contributed by atoms with E-state index < -0.39 is 15.9 Å². The van der Waals surface area contributed by atoms with Crippen molar-refractivity contribution >= 4 is 21.6 Å². The minimum atomic E-state index is -3.66. The fourth-order valence-electron chi connectivity index (χ4n) is 2.35. The third-order valence-corrected chi connectivity index (χ3v) is 5.82. The lowest BCUT2D eigenvalue weighted by atomic mass is 10.2. The van der Waals surface area contributed by atoms with E-state index in [2.05, 4.69) is 15.3 Å². The number of hydrogen-bond donors (Lipinski definition) is 1. The molecule has 0 unspecified atom stereocenters. The molecule has 0 aliphatic heterocycles. The molecule has 2 aromatic rings. The molecule has 0 saturated carbocycles. The predicted octanol–water partition coefficient (Wildman–Crippen LogP) is 2.08. The van der Waals surface area contributed by atoms with Crippen molar-refractivity contribution in [2.75, 3.05) is 25.5 Å². The number of nitrogens with zero attached hydrogens (tertiary/aromatic N) is 3. The van der Waals surface area contributed by atoms with Crippen molar-refractivity contribution in [3.8, 4) is 5.75 Å². The van der Waals surface area contributed by atoms with Gasteiger partial charge in [-0.15, -0.1) is 0 Å². The summed E-state index contributed by atoms with van der Waals surface area (Å²) in [5.74, 6) is -0.162. The summed E-state index contributed by atoms with van der Waals surface area (Å²) in [6.45, 7) is 6.00. The Morgan fingerprint density at radius 3 is 2.42 bits per heavy atom. The van der Waals surface area contributed by atoms with Crippen LogP contribution in [0.3, 0.4) is 0 Å². The summed E-state index contributed by atoms with van der Waals surface area (Å²) in [5.41, 5.74) is 1.05. The first kappa shape index (κ1) is 19.8. The van der Waals surface area contributed by atoms with Gasteiger partial charge >= 0.3 is 0 Å². The Morgan fingerprint density at radius 2 is 1.88 bits per heavy atom. The lowest BCUT2D eigenvalue weighted by Gasteiger charge is -2.19. The van der Waals surface area contributed by atoms with Crippen LogP contribution in [0.1, 0.15) is 30.0 Å². The fraction of sp³-hybridized carbons (Fsp3) is 0.353. The zero-order valence-electron chi connectivity index (χ0n) is 15.2. The lowest BCUT2D eigenvalue weighted by Crippen LogP contribution is -2.30. The monoisotopic (exact) mass is 378 g/mol. The molecule has 0 spiro atoms. The maximum atomic E-state index is 12.7. The van der Waals surface area contributed by atoms with Gasteiger partial charge in [0.2, 0.25) is 10.0 Å². The lowest BCUT2D eigenvalue weighted by molar-refractivity contribution is 0.102.